The number of nitrogens with zero attached hydrogens (tertiary/aromatic N) is 1. The second-order valence-corrected chi connectivity index (χ2v) is 7.03. The van der Waals surface area contributed by atoms with Gasteiger partial charge in [0, 0.05) is 13.1 Å². The summed E-state index contributed by atoms with van der Waals surface area (Å²) in [7, 11) is 0. The summed E-state index contributed by atoms with van der Waals surface area (Å²) < 4.78 is 5.84. The quantitative estimate of drug-likeness (QED) is 0.833. The molecule has 3 aliphatic heterocycles. The second-order valence-electron chi connectivity index (χ2n) is 7.03. The van der Waals surface area contributed by atoms with Gasteiger partial charge in [0.15, 0.2) is 0 Å². The monoisotopic (exact) mass is 281 g/mol. The Labute approximate surface area is 119 Å². The maximum absolute atomic E-state index is 12.9. The zero-order valence-electron chi connectivity index (χ0n) is 12.2. The van der Waals surface area contributed by atoms with Gasteiger partial charge < -0.3 is 14.7 Å². The molecule has 2 bridgehead atoms. The predicted molar refractivity (Wildman–Crippen MR) is 72.1 cm³/mol. The van der Waals surface area contributed by atoms with E-state index < -0.39 is 17.3 Å². The molecule has 3 rings (SSSR count). The van der Waals surface area contributed by atoms with Crippen LogP contribution in [0.25, 0.3) is 0 Å². The zero-order valence-corrected chi connectivity index (χ0v) is 12.2. The largest absolute Gasteiger partial charge is 0.481 e. The lowest BCUT2D eigenvalue weighted by Crippen LogP contribution is -2.53. The molecule has 1 N–H and O–H groups in total. The van der Waals surface area contributed by atoms with Crippen molar-refractivity contribution in [2.45, 2.75) is 51.7 Å². The van der Waals surface area contributed by atoms with Gasteiger partial charge in [-0.2, -0.15) is 0 Å². The van der Waals surface area contributed by atoms with E-state index in [2.05, 4.69) is 0 Å². The highest BCUT2D eigenvalue weighted by Crippen LogP contribution is 2.48. The van der Waals surface area contributed by atoms with Gasteiger partial charge in [-0.3, -0.25) is 9.59 Å². The molecule has 20 heavy (non-hydrogen) atoms. The summed E-state index contributed by atoms with van der Waals surface area (Å²) in [4.78, 5) is 25.9. The van der Waals surface area contributed by atoms with Crippen LogP contribution in [0.5, 0.6) is 0 Å². The Bertz CT molecular complexity index is 438. The van der Waals surface area contributed by atoms with Crippen LogP contribution in [-0.4, -0.2) is 47.2 Å². The average Bonchev–Trinajstić information content (AvgIpc) is 2.97. The smallest absolute Gasteiger partial charge is 0.308 e. The van der Waals surface area contributed by atoms with Gasteiger partial charge in [-0.05, 0) is 38.5 Å². The molecule has 0 aromatic heterocycles. The second kappa shape index (κ2) is 4.72. The van der Waals surface area contributed by atoms with E-state index in [4.69, 9.17) is 4.74 Å². The fourth-order valence-electron chi connectivity index (χ4n) is 4.21. The zero-order chi connectivity index (χ0) is 14.5. The van der Waals surface area contributed by atoms with Gasteiger partial charge in [-0.1, -0.05) is 6.92 Å². The van der Waals surface area contributed by atoms with E-state index in [1.54, 1.807) is 4.90 Å². The first kappa shape index (κ1) is 13.9. The van der Waals surface area contributed by atoms with Crippen molar-refractivity contribution in [3.05, 3.63) is 0 Å². The summed E-state index contributed by atoms with van der Waals surface area (Å²) in [5.74, 6) is -0.867. The SMILES string of the molecule is CC1CC(C(=O)O)CN(C(=O)C2(C)CC3CCC2O3)C1. The molecule has 0 aliphatic carbocycles. The van der Waals surface area contributed by atoms with E-state index >= 15 is 0 Å². The number of carbonyl (C=O) groups is 2. The minimum absolute atomic E-state index is 0.0283. The van der Waals surface area contributed by atoms with E-state index in [9.17, 15) is 14.7 Å². The number of ether oxygens (including phenoxy) is 1. The number of amides is 1. The first-order valence-electron chi connectivity index (χ1n) is 7.58. The van der Waals surface area contributed by atoms with Gasteiger partial charge >= 0.3 is 5.97 Å². The molecule has 0 saturated carbocycles. The summed E-state index contributed by atoms with van der Waals surface area (Å²) in [6.45, 7) is 5.05. The lowest BCUT2D eigenvalue weighted by Gasteiger charge is -2.40. The summed E-state index contributed by atoms with van der Waals surface area (Å²) >= 11 is 0. The molecule has 5 heteroatoms. The van der Waals surface area contributed by atoms with Crippen LogP contribution < -0.4 is 0 Å². The molecule has 5 atom stereocenters. The number of likely N-dealkylation sites (tertiary alicyclic amines) is 1. The summed E-state index contributed by atoms with van der Waals surface area (Å²) in [5.41, 5.74) is -0.441. The van der Waals surface area contributed by atoms with Gasteiger partial charge in [0.25, 0.3) is 0 Å². The number of hydrogen-bond donors (Lipinski definition) is 1. The van der Waals surface area contributed by atoms with Crippen molar-refractivity contribution in [2.24, 2.45) is 17.3 Å². The Morgan fingerprint density at radius 1 is 1.30 bits per heavy atom. The summed E-state index contributed by atoms with van der Waals surface area (Å²) in [6, 6.07) is 0. The number of rotatable bonds is 2. The highest BCUT2D eigenvalue weighted by Gasteiger charge is 2.55. The number of fused-ring (bicyclic) bond motifs is 2. The summed E-state index contributed by atoms with van der Waals surface area (Å²) in [6.07, 6.45) is 3.73. The van der Waals surface area contributed by atoms with Crippen molar-refractivity contribution in [3.8, 4) is 0 Å². The Morgan fingerprint density at radius 3 is 2.60 bits per heavy atom. The molecule has 1 amide bonds. The minimum atomic E-state index is -0.788. The van der Waals surface area contributed by atoms with Gasteiger partial charge in [-0.25, -0.2) is 0 Å². The topological polar surface area (TPSA) is 66.8 Å². The molecule has 0 aromatic rings. The van der Waals surface area contributed by atoms with Crippen LogP contribution >= 0.6 is 0 Å². The van der Waals surface area contributed by atoms with Gasteiger partial charge in [0.2, 0.25) is 5.91 Å². The Hall–Kier alpha value is -1.10. The molecular formula is C15H23NO4. The van der Waals surface area contributed by atoms with Crippen LogP contribution in [0.1, 0.15) is 39.5 Å². The maximum Gasteiger partial charge on any atom is 0.308 e. The third-order valence-electron chi connectivity index (χ3n) is 5.25. The molecule has 0 spiro atoms. The van der Waals surface area contributed by atoms with E-state index in [1.165, 1.54) is 0 Å². The maximum atomic E-state index is 12.9. The normalized spacial score (nSPS) is 43.8. The van der Waals surface area contributed by atoms with Crippen molar-refractivity contribution in [1.82, 2.24) is 4.90 Å². The van der Waals surface area contributed by atoms with E-state index in [0.717, 1.165) is 19.3 Å². The van der Waals surface area contributed by atoms with Crippen LogP contribution in [0.4, 0.5) is 0 Å². The molecular weight excluding hydrogens is 258 g/mol. The van der Waals surface area contributed by atoms with Crippen LogP contribution in [-0.2, 0) is 14.3 Å². The van der Waals surface area contributed by atoms with E-state index in [1.807, 2.05) is 13.8 Å². The first-order chi connectivity index (χ1) is 9.40. The van der Waals surface area contributed by atoms with Crippen molar-refractivity contribution < 1.29 is 19.4 Å². The van der Waals surface area contributed by atoms with Crippen molar-refractivity contribution in [2.75, 3.05) is 13.1 Å². The molecule has 0 aromatic carbocycles. The first-order valence-corrected chi connectivity index (χ1v) is 7.58. The van der Waals surface area contributed by atoms with E-state index in [0.29, 0.717) is 19.5 Å². The summed E-state index contributed by atoms with van der Waals surface area (Å²) in [5, 5.41) is 9.23. The molecule has 5 nitrogen and oxygen atoms in total. The van der Waals surface area contributed by atoms with Gasteiger partial charge in [0.1, 0.15) is 0 Å². The Morgan fingerprint density at radius 2 is 2.05 bits per heavy atom. The molecule has 5 unspecified atom stereocenters. The molecule has 3 saturated heterocycles. The van der Waals surface area contributed by atoms with E-state index in [-0.39, 0.29) is 24.0 Å². The standard InChI is InChI=1S/C15H23NO4/c1-9-5-10(13(17)18)8-16(7-9)14(19)15(2)6-11-3-4-12(15)20-11/h9-12H,3-8H2,1-2H3,(H,17,18). The highest BCUT2D eigenvalue weighted by molar-refractivity contribution is 5.84. The fraction of sp³-hybridized carbons (Fsp3) is 0.867. The minimum Gasteiger partial charge on any atom is -0.481 e. The molecule has 0 radical (unpaired) electrons. The van der Waals surface area contributed by atoms with Crippen molar-refractivity contribution >= 4 is 11.9 Å². The number of carboxylic acids is 1. The Balaban J connectivity index is 1.75. The van der Waals surface area contributed by atoms with Crippen molar-refractivity contribution in [3.63, 3.8) is 0 Å². The average molecular weight is 281 g/mol. The molecule has 3 heterocycles. The molecule has 3 aliphatic rings. The lowest BCUT2D eigenvalue weighted by molar-refractivity contribution is -0.152. The lowest BCUT2D eigenvalue weighted by atomic mass is 9.74. The third kappa shape index (κ3) is 2.12. The van der Waals surface area contributed by atoms with Crippen molar-refractivity contribution in [1.29, 1.82) is 0 Å². The fourth-order valence-corrected chi connectivity index (χ4v) is 4.21. The number of aliphatic carboxylic acids is 1. The number of carboxylic acid groups (broad SMARTS) is 1. The van der Waals surface area contributed by atoms with Gasteiger partial charge in [-0.15, -0.1) is 0 Å². The predicted octanol–water partition coefficient (Wildman–Crippen LogP) is 1.51. The van der Waals surface area contributed by atoms with Crippen LogP contribution in [0.2, 0.25) is 0 Å². The Kier molecular flexibility index (Phi) is 3.27. The van der Waals surface area contributed by atoms with Gasteiger partial charge in [0.05, 0.1) is 23.5 Å². The third-order valence-corrected chi connectivity index (χ3v) is 5.25. The number of hydrogen-bond acceptors (Lipinski definition) is 3. The van der Waals surface area contributed by atoms with Crippen LogP contribution in [0.15, 0.2) is 0 Å². The van der Waals surface area contributed by atoms with Crippen LogP contribution in [0, 0.1) is 17.3 Å². The number of piperidine rings is 1. The number of carbonyl (C=O) groups excluding carboxylic acids is 1. The van der Waals surface area contributed by atoms with Crippen LogP contribution in [0.3, 0.4) is 0 Å². The molecule has 3 fully saturated rings. The highest BCUT2D eigenvalue weighted by atomic mass is 16.5. The molecule has 112 valence electrons.